The minimum absolute atomic E-state index is 0. The van der Waals surface area contributed by atoms with E-state index in [0.717, 1.165) is 95.1 Å². The van der Waals surface area contributed by atoms with Crippen LogP contribution in [0.5, 0.6) is 0 Å². The fraction of sp³-hybridized carbons (Fsp3) is 0.667. The Bertz CT molecular complexity index is 620. The van der Waals surface area contributed by atoms with Crippen LogP contribution in [0.3, 0.4) is 0 Å². The Morgan fingerprint density at radius 3 is 2.62 bits per heavy atom. The number of ether oxygens (including phenoxy) is 2. The zero-order valence-corrected chi connectivity index (χ0v) is 20.4. The molecule has 0 atom stereocenters. The van der Waals surface area contributed by atoms with E-state index in [-0.39, 0.29) is 24.0 Å². The van der Waals surface area contributed by atoms with Crippen LogP contribution in [0, 0.1) is 5.92 Å². The second-order valence-corrected chi connectivity index (χ2v) is 7.79. The molecule has 2 aliphatic heterocycles. The molecule has 2 fully saturated rings. The highest BCUT2D eigenvalue weighted by Gasteiger charge is 2.20. The monoisotopic (exact) mass is 536 g/mol. The molecule has 2 aliphatic rings. The van der Waals surface area contributed by atoms with Crippen molar-refractivity contribution in [3.05, 3.63) is 29.3 Å². The van der Waals surface area contributed by atoms with Gasteiger partial charge in [-0.05, 0) is 37.3 Å². The molecule has 0 aliphatic carbocycles. The van der Waals surface area contributed by atoms with Crippen molar-refractivity contribution >= 4 is 47.2 Å². The molecule has 0 amide bonds. The molecular formula is C21H34ClIN4O2. The third-order valence-corrected chi connectivity index (χ3v) is 5.75. The van der Waals surface area contributed by atoms with E-state index in [2.05, 4.69) is 26.2 Å². The quantitative estimate of drug-likeness (QED) is 0.250. The SMILES string of the molecule is CN=C(NCCCOCC1CCOCC1)N1CCN(c2ccccc2Cl)CC1.I. The molecule has 0 radical (unpaired) electrons. The molecule has 2 heterocycles. The Labute approximate surface area is 197 Å². The summed E-state index contributed by atoms with van der Waals surface area (Å²) in [6, 6.07) is 8.05. The third kappa shape index (κ3) is 7.77. The van der Waals surface area contributed by atoms with E-state index >= 15 is 0 Å². The third-order valence-electron chi connectivity index (χ3n) is 5.43. The van der Waals surface area contributed by atoms with E-state index < -0.39 is 0 Å². The molecule has 0 aromatic heterocycles. The number of hydrogen-bond acceptors (Lipinski definition) is 4. The van der Waals surface area contributed by atoms with Crippen molar-refractivity contribution in [3.8, 4) is 0 Å². The van der Waals surface area contributed by atoms with Gasteiger partial charge in [-0.15, -0.1) is 24.0 Å². The number of halogens is 2. The summed E-state index contributed by atoms with van der Waals surface area (Å²) in [7, 11) is 1.85. The summed E-state index contributed by atoms with van der Waals surface area (Å²) in [6.45, 7) is 8.06. The van der Waals surface area contributed by atoms with Crippen molar-refractivity contribution in [2.75, 3.05) is 71.1 Å². The lowest BCUT2D eigenvalue weighted by atomic mass is 10.0. The van der Waals surface area contributed by atoms with Crippen molar-refractivity contribution in [1.29, 1.82) is 0 Å². The van der Waals surface area contributed by atoms with Gasteiger partial charge in [-0.3, -0.25) is 4.99 Å². The maximum absolute atomic E-state index is 6.33. The molecule has 29 heavy (non-hydrogen) atoms. The first kappa shape index (κ1) is 24.5. The molecule has 1 N–H and O–H groups in total. The summed E-state index contributed by atoms with van der Waals surface area (Å²) >= 11 is 6.33. The number of aliphatic imine (C=N–C) groups is 1. The maximum Gasteiger partial charge on any atom is 0.193 e. The first-order valence-corrected chi connectivity index (χ1v) is 10.8. The normalized spacial score (nSPS) is 18.5. The number of hydrogen-bond donors (Lipinski definition) is 1. The summed E-state index contributed by atoms with van der Waals surface area (Å²) in [5.41, 5.74) is 1.12. The highest BCUT2D eigenvalue weighted by molar-refractivity contribution is 14.0. The molecule has 2 saturated heterocycles. The molecule has 0 spiro atoms. The van der Waals surface area contributed by atoms with E-state index in [4.69, 9.17) is 21.1 Å². The summed E-state index contributed by atoms with van der Waals surface area (Å²) in [4.78, 5) is 9.11. The summed E-state index contributed by atoms with van der Waals surface area (Å²) in [5, 5.41) is 4.29. The van der Waals surface area contributed by atoms with Crippen LogP contribution in [-0.2, 0) is 9.47 Å². The van der Waals surface area contributed by atoms with E-state index in [1.54, 1.807) is 0 Å². The number of piperazine rings is 1. The highest BCUT2D eigenvalue weighted by Crippen LogP contribution is 2.26. The smallest absolute Gasteiger partial charge is 0.193 e. The van der Waals surface area contributed by atoms with Gasteiger partial charge in [0.25, 0.3) is 0 Å². The van der Waals surface area contributed by atoms with E-state index in [1.165, 1.54) is 0 Å². The zero-order chi connectivity index (χ0) is 19.6. The van der Waals surface area contributed by atoms with Gasteiger partial charge in [-0.25, -0.2) is 0 Å². The van der Waals surface area contributed by atoms with Crippen LogP contribution in [0.25, 0.3) is 0 Å². The van der Waals surface area contributed by atoms with Crippen molar-refractivity contribution in [3.63, 3.8) is 0 Å². The van der Waals surface area contributed by atoms with E-state index in [0.29, 0.717) is 5.92 Å². The van der Waals surface area contributed by atoms with Crippen molar-refractivity contribution in [1.82, 2.24) is 10.2 Å². The van der Waals surface area contributed by atoms with Crippen LogP contribution >= 0.6 is 35.6 Å². The topological polar surface area (TPSA) is 49.3 Å². The first-order valence-electron chi connectivity index (χ1n) is 10.4. The Kier molecular flexibility index (Phi) is 11.4. The van der Waals surface area contributed by atoms with Gasteiger partial charge in [0.05, 0.1) is 10.7 Å². The van der Waals surface area contributed by atoms with Gasteiger partial charge in [0.1, 0.15) is 0 Å². The highest BCUT2D eigenvalue weighted by atomic mass is 127. The van der Waals surface area contributed by atoms with Gasteiger partial charge >= 0.3 is 0 Å². The van der Waals surface area contributed by atoms with Crippen LogP contribution in [0.2, 0.25) is 5.02 Å². The number of guanidine groups is 1. The number of nitrogens with zero attached hydrogens (tertiary/aromatic N) is 3. The minimum atomic E-state index is 0. The molecule has 0 saturated carbocycles. The lowest BCUT2D eigenvalue weighted by Gasteiger charge is -2.38. The average molecular weight is 537 g/mol. The molecule has 3 rings (SSSR count). The Hall–Kier alpha value is -0.770. The Balaban J connectivity index is 0.00000300. The van der Waals surface area contributed by atoms with Crippen LogP contribution < -0.4 is 10.2 Å². The molecule has 1 aromatic rings. The van der Waals surface area contributed by atoms with Gasteiger partial charge in [0, 0.05) is 66.2 Å². The van der Waals surface area contributed by atoms with Crippen LogP contribution in [0.4, 0.5) is 5.69 Å². The predicted molar refractivity (Wildman–Crippen MR) is 131 cm³/mol. The van der Waals surface area contributed by atoms with Gasteiger partial charge in [-0.1, -0.05) is 23.7 Å². The Morgan fingerprint density at radius 2 is 1.93 bits per heavy atom. The number of benzene rings is 1. The average Bonchev–Trinajstić information content (AvgIpc) is 2.75. The zero-order valence-electron chi connectivity index (χ0n) is 17.3. The fourth-order valence-corrected chi connectivity index (χ4v) is 3.99. The van der Waals surface area contributed by atoms with Crippen LogP contribution in [0.1, 0.15) is 19.3 Å². The lowest BCUT2D eigenvalue weighted by Crippen LogP contribution is -2.52. The molecule has 1 aromatic carbocycles. The Morgan fingerprint density at radius 1 is 1.21 bits per heavy atom. The molecule has 8 heteroatoms. The number of para-hydroxylation sites is 1. The van der Waals surface area contributed by atoms with Crippen molar-refractivity contribution < 1.29 is 9.47 Å². The summed E-state index contributed by atoms with van der Waals surface area (Å²) in [5.74, 6) is 1.65. The van der Waals surface area contributed by atoms with E-state index in [1.807, 2.05) is 25.2 Å². The van der Waals surface area contributed by atoms with Gasteiger partial charge in [0.15, 0.2) is 5.96 Å². The summed E-state index contributed by atoms with van der Waals surface area (Å²) in [6.07, 6.45) is 3.25. The fourth-order valence-electron chi connectivity index (χ4n) is 3.74. The number of rotatable bonds is 7. The van der Waals surface area contributed by atoms with Crippen molar-refractivity contribution in [2.45, 2.75) is 19.3 Å². The molecular weight excluding hydrogens is 503 g/mol. The van der Waals surface area contributed by atoms with Crippen LogP contribution in [0.15, 0.2) is 29.3 Å². The van der Waals surface area contributed by atoms with Gasteiger partial charge < -0.3 is 24.6 Å². The molecule has 0 unspecified atom stereocenters. The minimum Gasteiger partial charge on any atom is -0.381 e. The predicted octanol–water partition coefficient (Wildman–Crippen LogP) is 3.49. The first-order chi connectivity index (χ1) is 13.8. The molecule has 0 bridgehead atoms. The largest absolute Gasteiger partial charge is 0.381 e. The maximum atomic E-state index is 6.33. The second kappa shape index (κ2) is 13.5. The molecule has 164 valence electrons. The number of nitrogens with one attached hydrogen (secondary N) is 1. The van der Waals surface area contributed by atoms with E-state index in [9.17, 15) is 0 Å². The molecule has 6 nitrogen and oxygen atoms in total. The van der Waals surface area contributed by atoms with Gasteiger partial charge in [0.2, 0.25) is 0 Å². The second-order valence-electron chi connectivity index (χ2n) is 7.38. The lowest BCUT2D eigenvalue weighted by molar-refractivity contribution is 0.0203. The van der Waals surface area contributed by atoms with Crippen LogP contribution in [-0.4, -0.2) is 77.1 Å². The van der Waals surface area contributed by atoms with Crippen molar-refractivity contribution in [2.24, 2.45) is 10.9 Å². The summed E-state index contributed by atoms with van der Waals surface area (Å²) < 4.78 is 11.2. The number of anilines is 1. The van der Waals surface area contributed by atoms with Gasteiger partial charge in [-0.2, -0.15) is 0 Å². The standard InChI is InChI=1S/C21H33ClN4O2.HI/c1-23-21(24-9-4-14-28-17-18-7-15-27-16-8-18)26-12-10-25(11-13-26)20-6-3-2-5-19(20)22;/h2-3,5-6,18H,4,7-17H2,1H3,(H,23,24);1H.